The summed E-state index contributed by atoms with van der Waals surface area (Å²) in [6, 6.07) is 2.88. The maximum atomic E-state index is 9.06. The smallest absolute Gasteiger partial charge is 0.103 e. The molecule has 2 unspecified atom stereocenters. The molecule has 0 rings (SSSR count). The standard InChI is InChI=1S/C14H29N3/c1-12(13(2,3)4)17(7)10-8-9-14(5,11-15)16-6/h12,16H,8-10H2,1-7H3. The van der Waals surface area contributed by atoms with Crippen LogP contribution >= 0.6 is 0 Å². The molecule has 2 atom stereocenters. The van der Waals surface area contributed by atoms with Gasteiger partial charge in [-0.25, -0.2) is 0 Å². The summed E-state index contributed by atoms with van der Waals surface area (Å²) in [4.78, 5) is 2.38. The Balaban J connectivity index is 4.11. The first-order chi connectivity index (χ1) is 7.66. The van der Waals surface area contributed by atoms with Crippen molar-refractivity contribution in [2.45, 2.75) is 59.0 Å². The first-order valence-electron chi connectivity index (χ1n) is 6.46. The van der Waals surface area contributed by atoms with Crippen LogP contribution in [0, 0.1) is 16.7 Å². The van der Waals surface area contributed by atoms with Gasteiger partial charge >= 0.3 is 0 Å². The number of rotatable bonds is 6. The minimum atomic E-state index is -0.383. The van der Waals surface area contributed by atoms with Crippen LogP contribution in [0.3, 0.4) is 0 Å². The lowest BCUT2D eigenvalue weighted by Crippen LogP contribution is -2.42. The van der Waals surface area contributed by atoms with Gasteiger partial charge in [0.1, 0.15) is 5.54 Å². The van der Waals surface area contributed by atoms with Crippen molar-refractivity contribution in [2.75, 3.05) is 20.6 Å². The van der Waals surface area contributed by atoms with Gasteiger partial charge in [-0.3, -0.25) is 0 Å². The molecule has 1 N–H and O–H groups in total. The predicted octanol–water partition coefficient (Wildman–Crippen LogP) is 2.63. The Bertz CT molecular complexity index is 262. The van der Waals surface area contributed by atoms with Gasteiger partial charge in [-0.1, -0.05) is 20.8 Å². The summed E-state index contributed by atoms with van der Waals surface area (Å²) in [6.07, 6.45) is 1.93. The second kappa shape index (κ2) is 6.37. The van der Waals surface area contributed by atoms with E-state index in [9.17, 15) is 0 Å². The third-order valence-electron chi connectivity index (χ3n) is 3.90. The van der Waals surface area contributed by atoms with E-state index in [2.05, 4.69) is 51.0 Å². The van der Waals surface area contributed by atoms with Crippen molar-refractivity contribution in [2.24, 2.45) is 5.41 Å². The average Bonchev–Trinajstić information content (AvgIpc) is 2.26. The Morgan fingerprint density at radius 2 is 1.82 bits per heavy atom. The highest BCUT2D eigenvalue weighted by Gasteiger charge is 2.25. The predicted molar refractivity (Wildman–Crippen MR) is 73.9 cm³/mol. The summed E-state index contributed by atoms with van der Waals surface area (Å²) in [5, 5.41) is 12.1. The molecule has 0 radical (unpaired) electrons. The van der Waals surface area contributed by atoms with Crippen LogP contribution in [0.2, 0.25) is 0 Å². The molecular weight excluding hydrogens is 210 g/mol. The molecule has 0 saturated carbocycles. The zero-order valence-electron chi connectivity index (χ0n) is 12.6. The van der Waals surface area contributed by atoms with E-state index in [1.807, 2.05) is 14.0 Å². The topological polar surface area (TPSA) is 39.1 Å². The maximum absolute atomic E-state index is 9.06. The number of nitriles is 1. The van der Waals surface area contributed by atoms with Crippen LogP contribution in [0.4, 0.5) is 0 Å². The lowest BCUT2D eigenvalue weighted by atomic mass is 9.87. The van der Waals surface area contributed by atoms with Crippen molar-refractivity contribution in [3.63, 3.8) is 0 Å². The number of hydrogen-bond acceptors (Lipinski definition) is 3. The highest BCUT2D eigenvalue weighted by Crippen LogP contribution is 2.23. The van der Waals surface area contributed by atoms with Gasteiger partial charge in [-0.05, 0) is 52.7 Å². The Hall–Kier alpha value is -0.590. The molecule has 0 aromatic carbocycles. The summed E-state index contributed by atoms with van der Waals surface area (Å²) >= 11 is 0. The van der Waals surface area contributed by atoms with Crippen LogP contribution in [0.5, 0.6) is 0 Å². The van der Waals surface area contributed by atoms with Crippen LogP contribution in [-0.4, -0.2) is 37.1 Å². The Labute approximate surface area is 107 Å². The third-order valence-corrected chi connectivity index (χ3v) is 3.90. The van der Waals surface area contributed by atoms with Gasteiger partial charge < -0.3 is 10.2 Å². The van der Waals surface area contributed by atoms with Gasteiger partial charge in [0.05, 0.1) is 6.07 Å². The van der Waals surface area contributed by atoms with Gasteiger partial charge in [-0.15, -0.1) is 0 Å². The van der Waals surface area contributed by atoms with E-state index in [0.717, 1.165) is 19.4 Å². The van der Waals surface area contributed by atoms with Crippen LogP contribution in [0.25, 0.3) is 0 Å². The molecule has 0 spiro atoms. The lowest BCUT2D eigenvalue weighted by Gasteiger charge is -2.35. The monoisotopic (exact) mass is 239 g/mol. The Morgan fingerprint density at radius 3 is 2.18 bits per heavy atom. The summed E-state index contributed by atoms with van der Waals surface area (Å²) < 4.78 is 0. The molecule has 17 heavy (non-hydrogen) atoms. The molecule has 0 amide bonds. The van der Waals surface area contributed by atoms with Gasteiger partial charge in [0.2, 0.25) is 0 Å². The normalized spacial score (nSPS) is 17.6. The molecule has 0 aliphatic carbocycles. The molecular formula is C14H29N3. The maximum Gasteiger partial charge on any atom is 0.103 e. The molecule has 0 fully saturated rings. The van der Waals surface area contributed by atoms with Gasteiger partial charge in [-0.2, -0.15) is 5.26 Å². The van der Waals surface area contributed by atoms with Crippen LogP contribution in [0.15, 0.2) is 0 Å². The quantitative estimate of drug-likeness (QED) is 0.774. The van der Waals surface area contributed by atoms with Crippen molar-refractivity contribution in [3.05, 3.63) is 0 Å². The molecule has 0 saturated heterocycles. The number of nitrogens with one attached hydrogen (secondary N) is 1. The third kappa shape index (κ3) is 5.52. The first-order valence-corrected chi connectivity index (χ1v) is 6.46. The van der Waals surface area contributed by atoms with Gasteiger partial charge in [0.15, 0.2) is 0 Å². The van der Waals surface area contributed by atoms with E-state index in [1.54, 1.807) is 0 Å². The van der Waals surface area contributed by atoms with Crippen LogP contribution in [0.1, 0.15) is 47.5 Å². The molecule has 0 aliphatic rings. The van der Waals surface area contributed by atoms with Crippen LogP contribution < -0.4 is 5.32 Å². The number of hydrogen-bond donors (Lipinski definition) is 1. The summed E-state index contributed by atoms with van der Waals surface area (Å²) in [6.45, 7) is 12.1. The highest BCUT2D eigenvalue weighted by atomic mass is 15.1. The first kappa shape index (κ1) is 16.4. The van der Waals surface area contributed by atoms with E-state index < -0.39 is 0 Å². The van der Waals surface area contributed by atoms with E-state index in [1.165, 1.54) is 0 Å². The molecule has 3 nitrogen and oxygen atoms in total. The second-order valence-corrected chi connectivity index (χ2v) is 6.32. The molecule has 0 heterocycles. The number of nitrogens with zero attached hydrogens (tertiary/aromatic N) is 2. The minimum Gasteiger partial charge on any atom is -0.303 e. The van der Waals surface area contributed by atoms with E-state index >= 15 is 0 Å². The van der Waals surface area contributed by atoms with Gasteiger partial charge in [0.25, 0.3) is 0 Å². The second-order valence-electron chi connectivity index (χ2n) is 6.32. The van der Waals surface area contributed by atoms with Crippen LogP contribution in [-0.2, 0) is 0 Å². The van der Waals surface area contributed by atoms with Gasteiger partial charge in [0, 0.05) is 6.04 Å². The molecule has 3 heteroatoms. The van der Waals surface area contributed by atoms with E-state index in [4.69, 9.17) is 5.26 Å². The van der Waals surface area contributed by atoms with E-state index in [-0.39, 0.29) is 5.54 Å². The zero-order chi connectivity index (χ0) is 13.7. The highest BCUT2D eigenvalue weighted by molar-refractivity contribution is 5.02. The molecule has 0 aromatic rings. The Morgan fingerprint density at radius 1 is 1.29 bits per heavy atom. The molecule has 0 aliphatic heterocycles. The average molecular weight is 239 g/mol. The van der Waals surface area contributed by atoms with Crippen molar-refractivity contribution in [1.82, 2.24) is 10.2 Å². The SMILES string of the molecule is CNC(C)(C#N)CCCN(C)C(C)C(C)(C)C. The largest absolute Gasteiger partial charge is 0.303 e. The summed E-state index contributed by atoms with van der Waals surface area (Å²) in [5.74, 6) is 0. The lowest BCUT2D eigenvalue weighted by molar-refractivity contribution is 0.137. The fraction of sp³-hybridized carbons (Fsp3) is 0.929. The van der Waals surface area contributed by atoms with E-state index in [0.29, 0.717) is 11.5 Å². The minimum absolute atomic E-state index is 0.302. The summed E-state index contributed by atoms with van der Waals surface area (Å²) in [7, 11) is 4.02. The fourth-order valence-corrected chi connectivity index (χ4v) is 1.77. The summed E-state index contributed by atoms with van der Waals surface area (Å²) in [5.41, 5.74) is -0.0813. The fourth-order valence-electron chi connectivity index (χ4n) is 1.77. The molecule has 0 aromatic heterocycles. The van der Waals surface area contributed by atoms with Crippen molar-refractivity contribution < 1.29 is 0 Å². The molecule has 100 valence electrons. The molecule has 0 bridgehead atoms. The Kier molecular flexibility index (Phi) is 6.15. The van der Waals surface area contributed by atoms with Crippen molar-refractivity contribution >= 4 is 0 Å². The zero-order valence-corrected chi connectivity index (χ0v) is 12.6. The van der Waals surface area contributed by atoms with Crippen molar-refractivity contribution in [3.8, 4) is 6.07 Å². The van der Waals surface area contributed by atoms with Crippen molar-refractivity contribution in [1.29, 1.82) is 5.26 Å².